The maximum absolute atomic E-state index is 14.9. The Morgan fingerprint density at radius 3 is 2.19 bits per heavy atom. The molecule has 2 heterocycles. The Morgan fingerprint density at radius 1 is 0.972 bits per heavy atom. The predicted octanol–water partition coefficient (Wildman–Crippen LogP) is 5.99. The second-order valence-electron chi connectivity index (χ2n) is 10.2. The first kappa shape index (κ1) is 23.0. The minimum atomic E-state index is -1.40. The van der Waals surface area contributed by atoms with E-state index in [1.807, 2.05) is 24.3 Å². The molecule has 1 N–H and O–H groups in total. The summed E-state index contributed by atoms with van der Waals surface area (Å²) in [6.07, 6.45) is 2.62. The number of hydrogen-bond acceptors (Lipinski definition) is 4. The first-order valence-electron chi connectivity index (χ1n) is 12.7. The third-order valence-corrected chi connectivity index (χ3v) is 8.22. The molecule has 3 aromatic rings. The molecular weight excluding hydrogens is 457 g/mol. The van der Waals surface area contributed by atoms with Crippen molar-refractivity contribution in [3.05, 3.63) is 89.2 Å². The van der Waals surface area contributed by atoms with Gasteiger partial charge in [-0.2, -0.15) is 0 Å². The molecule has 2 saturated heterocycles. The SMILES string of the molecule is COc1cccc(F)c1C1(O)CC2CCCC(C1)N2C(=O)OCC1c2ccccc2-c2ccccc21. The zero-order valence-electron chi connectivity index (χ0n) is 20.3. The van der Waals surface area contributed by atoms with Crippen LogP contribution in [0.5, 0.6) is 5.75 Å². The third-order valence-electron chi connectivity index (χ3n) is 8.22. The fourth-order valence-corrected chi connectivity index (χ4v) is 6.73. The molecule has 36 heavy (non-hydrogen) atoms. The van der Waals surface area contributed by atoms with Gasteiger partial charge in [0, 0.05) is 30.8 Å². The fourth-order valence-electron chi connectivity index (χ4n) is 6.73. The molecule has 0 radical (unpaired) electrons. The number of hydrogen-bond donors (Lipinski definition) is 1. The molecule has 6 heteroatoms. The number of carbonyl (C=O) groups is 1. The number of fused-ring (bicyclic) bond motifs is 5. The van der Waals surface area contributed by atoms with Crippen LogP contribution in [0.4, 0.5) is 9.18 Å². The Balaban J connectivity index is 1.22. The van der Waals surface area contributed by atoms with E-state index in [1.54, 1.807) is 17.0 Å². The van der Waals surface area contributed by atoms with E-state index < -0.39 is 11.4 Å². The normalized spacial score (nSPS) is 24.7. The van der Waals surface area contributed by atoms with E-state index in [1.165, 1.54) is 35.4 Å². The van der Waals surface area contributed by atoms with E-state index in [2.05, 4.69) is 24.3 Å². The molecule has 1 amide bonds. The van der Waals surface area contributed by atoms with Crippen molar-refractivity contribution in [1.29, 1.82) is 0 Å². The quantitative estimate of drug-likeness (QED) is 0.491. The van der Waals surface area contributed by atoms with Crippen LogP contribution in [0.2, 0.25) is 0 Å². The molecule has 2 atom stereocenters. The van der Waals surface area contributed by atoms with Crippen molar-refractivity contribution in [2.45, 2.75) is 55.7 Å². The highest BCUT2D eigenvalue weighted by molar-refractivity contribution is 5.79. The van der Waals surface area contributed by atoms with Gasteiger partial charge in [-0.1, -0.05) is 54.6 Å². The van der Waals surface area contributed by atoms with Crippen LogP contribution in [-0.2, 0) is 10.3 Å². The predicted molar refractivity (Wildman–Crippen MR) is 134 cm³/mol. The van der Waals surface area contributed by atoms with Crippen LogP contribution in [0.15, 0.2) is 66.7 Å². The summed E-state index contributed by atoms with van der Waals surface area (Å²) >= 11 is 0. The van der Waals surface area contributed by atoms with E-state index in [0.717, 1.165) is 19.3 Å². The second kappa shape index (κ2) is 8.93. The van der Waals surface area contributed by atoms with Gasteiger partial charge in [0.2, 0.25) is 0 Å². The molecule has 5 nitrogen and oxygen atoms in total. The summed E-state index contributed by atoms with van der Waals surface area (Å²) in [4.78, 5) is 15.3. The minimum Gasteiger partial charge on any atom is -0.496 e. The lowest BCUT2D eigenvalue weighted by Gasteiger charge is -2.51. The van der Waals surface area contributed by atoms with Gasteiger partial charge in [0.15, 0.2) is 0 Å². The summed E-state index contributed by atoms with van der Waals surface area (Å²) in [7, 11) is 1.48. The number of amides is 1. The Kier molecular flexibility index (Phi) is 5.72. The lowest BCUT2D eigenvalue weighted by molar-refractivity contribution is -0.0914. The van der Waals surface area contributed by atoms with Gasteiger partial charge < -0.3 is 19.5 Å². The molecule has 6 rings (SSSR count). The summed E-state index contributed by atoms with van der Waals surface area (Å²) < 4.78 is 26.2. The Bertz CT molecular complexity index is 1250. The summed E-state index contributed by atoms with van der Waals surface area (Å²) in [5.41, 5.74) is 3.52. The highest BCUT2D eigenvalue weighted by Gasteiger charge is 2.50. The van der Waals surface area contributed by atoms with Gasteiger partial charge in [0.25, 0.3) is 0 Å². The summed E-state index contributed by atoms with van der Waals surface area (Å²) in [6, 6.07) is 20.7. The van der Waals surface area contributed by atoms with Crippen LogP contribution < -0.4 is 4.74 Å². The molecule has 186 valence electrons. The average molecular weight is 488 g/mol. The van der Waals surface area contributed by atoms with Gasteiger partial charge in [0.05, 0.1) is 12.7 Å². The zero-order valence-corrected chi connectivity index (χ0v) is 20.3. The molecule has 3 aliphatic rings. The number of ether oxygens (including phenoxy) is 2. The smallest absolute Gasteiger partial charge is 0.410 e. The number of nitrogens with zero attached hydrogens (tertiary/aromatic N) is 1. The van der Waals surface area contributed by atoms with Crippen molar-refractivity contribution in [2.75, 3.05) is 13.7 Å². The van der Waals surface area contributed by atoms with Gasteiger partial charge in [-0.25, -0.2) is 9.18 Å². The van der Waals surface area contributed by atoms with Crippen molar-refractivity contribution in [2.24, 2.45) is 0 Å². The number of piperidine rings is 2. The van der Waals surface area contributed by atoms with Crippen molar-refractivity contribution >= 4 is 6.09 Å². The van der Waals surface area contributed by atoms with Gasteiger partial charge >= 0.3 is 6.09 Å². The number of halogens is 1. The molecule has 0 aromatic heterocycles. The summed E-state index contributed by atoms with van der Waals surface area (Å²) in [5.74, 6) is -0.153. The maximum atomic E-state index is 14.9. The maximum Gasteiger partial charge on any atom is 0.410 e. The Hall–Kier alpha value is -3.38. The molecule has 1 aliphatic carbocycles. The third kappa shape index (κ3) is 3.66. The van der Waals surface area contributed by atoms with E-state index in [-0.39, 0.29) is 49.1 Å². The first-order valence-corrected chi connectivity index (χ1v) is 12.7. The van der Waals surface area contributed by atoms with Crippen molar-refractivity contribution in [1.82, 2.24) is 4.90 Å². The van der Waals surface area contributed by atoms with Crippen LogP contribution in [-0.4, -0.2) is 41.9 Å². The van der Waals surface area contributed by atoms with E-state index >= 15 is 0 Å². The van der Waals surface area contributed by atoms with Crippen LogP contribution >= 0.6 is 0 Å². The topological polar surface area (TPSA) is 59.0 Å². The van der Waals surface area contributed by atoms with Crippen molar-refractivity contribution < 1.29 is 23.8 Å². The largest absolute Gasteiger partial charge is 0.496 e. The average Bonchev–Trinajstić information content (AvgIpc) is 3.20. The highest BCUT2D eigenvalue weighted by atomic mass is 19.1. The van der Waals surface area contributed by atoms with Crippen LogP contribution in [0.1, 0.15) is 54.7 Å². The molecule has 2 fully saturated rings. The standard InChI is InChI=1S/C30H30FNO4/c1-35-27-15-7-14-26(31)28(27)30(34)16-19-8-6-9-20(17-30)32(19)29(33)36-18-25-23-12-4-2-10-21(23)22-11-3-5-13-24(22)25/h2-5,7,10-15,19-20,25,34H,6,8-9,16-18H2,1H3. The Morgan fingerprint density at radius 2 is 1.58 bits per heavy atom. The number of benzene rings is 3. The number of methoxy groups -OCH3 is 1. The fraction of sp³-hybridized carbons (Fsp3) is 0.367. The molecular formula is C30H30FNO4. The molecule has 3 aromatic carbocycles. The number of carbonyl (C=O) groups excluding carboxylic acids is 1. The minimum absolute atomic E-state index is 0.00871. The highest BCUT2D eigenvalue weighted by Crippen LogP contribution is 2.48. The van der Waals surface area contributed by atoms with Gasteiger partial charge in [-0.3, -0.25) is 0 Å². The molecule has 0 spiro atoms. The van der Waals surface area contributed by atoms with Gasteiger partial charge in [-0.05, 0) is 53.6 Å². The summed E-state index contributed by atoms with van der Waals surface area (Å²) in [6.45, 7) is 0.258. The lowest BCUT2D eigenvalue weighted by atomic mass is 9.72. The van der Waals surface area contributed by atoms with Crippen LogP contribution in [0, 0.1) is 5.82 Å². The molecule has 2 aliphatic heterocycles. The van der Waals surface area contributed by atoms with Crippen LogP contribution in [0.25, 0.3) is 11.1 Å². The zero-order chi connectivity index (χ0) is 24.9. The van der Waals surface area contributed by atoms with Gasteiger partial charge in [-0.15, -0.1) is 0 Å². The number of rotatable bonds is 4. The Labute approximate surface area is 210 Å². The molecule has 2 unspecified atom stereocenters. The van der Waals surface area contributed by atoms with E-state index in [0.29, 0.717) is 5.75 Å². The monoisotopic (exact) mass is 487 g/mol. The summed E-state index contributed by atoms with van der Waals surface area (Å²) in [5, 5.41) is 11.7. The van der Waals surface area contributed by atoms with E-state index in [9.17, 15) is 14.3 Å². The van der Waals surface area contributed by atoms with Gasteiger partial charge in [0.1, 0.15) is 23.8 Å². The lowest BCUT2D eigenvalue weighted by Crippen LogP contribution is -2.59. The van der Waals surface area contributed by atoms with Crippen molar-refractivity contribution in [3.8, 4) is 16.9 Å². The molecule has 0 saturated carbocycles. The number of aliphatic hydroxyl groups is 1. The molecule has 2 bridgehead atoms. The second-order valence-corrected chi connectivity index (χ2v) is 10.2. The van der Waals surface area contributed by atoms with E-state index in [4.69, 9.17) is 9.47 Å². The van der Waals surface area contributed by atoms with Crippen molar-refractivity contribution in [3.63, 3.8) is 0 Å². The van der Waals surface area contributed by atoms with Crippen LogP contribution in [0.3, 0.4) is 0 Å². The first-order chi connectivity index (χ1) is 17.5.